The van der Waals surface area contributed by atoms with Gasteiger partial charge in [-0.3, -0.25) is 0 Å². The summed E-state index contributed by atoms with van der Waals surface area (Å²) < 4.78 is 0. The van der Waals surface area contributed by atoms with Gasteiger partial charge in [-0.25, -0.2) is 0 Å². The molecule has 2 nitrogen and oxygen atoms in total. The predicted octanol–water partition coefficient (Wildman–Crippen LogP) is 1.62. The molecule has 1 aromatic rings. The Morgan fingerprint density at radius 3 is 2.60 bits per heavy atom. The monoisotopic (exact) mass is 204 g/mol. The van der Waals surface area contributed by atoms with Gasteiger partial charge in [-0.15, -0.1) is 0 Å². The van der Waals surface area contributed by atoms with E-state index in [4.69, 9.17) is 5.11 Å². The van der Waals surface area contributed by atoms with Crippen LogP contribution >= 0.6 is 0 Å². The fourth-order valence-corrected chi connectivity index (χ4v) is 2.41. The number of hydrogen-bond donors (Lipinski definition) is 2. The summed E-state index contributed by atoms with van der Waals surface area (Å²) in [6.45, 7) is 4.21. The van der Waals surface area contributed by atoms with Gasteiger partial charge >= 0.3 is 0 Å². The Hall–Kier alpha value is -1.12. The first-order valence-electron chi connectivity index (χ1n) is 5.23. The Labute approximate surface area is 89.9 Å². The van der Waals surface area contributed by atoms with Crippen LogP contribution in [0.1, 0.15) is 17.5 Å². The lowest BCUT2D eigenvalue weighted by atomic mass is 9.79. The topological polar surface area (TPSA) is 40.5 Å². The van der Waals surface area contributed by atoms with Gasteiger partial charge in [-0.2, -0.15) is 0 Å². The second kappa shape index (κ2) is 3.80. The van der Waals surface area contributed by atoms with Crippen LogP contribution < -0.4 is 0 Å². The van der Waals surface area contributed by atoms with Crippen molar-refractivity contribution in [2.75, 3.05) is 13.2 Å². The second-order valence-corrected chi connectivity index (χ2v) is 4.22. The smallest absolute Gasteiger partial charge is 0.0532 e. The lowest BCUT2D eigenvalue weighted by Crippen LogP contribution is -2.26. The zero-order chi connectivity index (χ0) is 10.9. The summed E-state index contributed by atoms with van der Waals surface area (Å²) in [5.74, 6) is 0. The van der Waals surface area contributed by atoms with Gasteiger partial charge in [-0.05, 0) is 29.5 Å². The fraction of sp³-hybridized carbons (Fsp3) is 0.385. The van der Waals surface area contributed by atoms with Crippen LogP contribution in [0, 0.1) is 5.41 Å². The van der Waals surface area contributed by atoms with Crippen LogP contribution in [0.3, 0.4) is 0 Å². The maximum Gasteiger partial charge on any atom is 0.0532 e. The van der Waals surface area contributed by atoms with Crippen LogP contribution in [-0.2, 0) is 6.42 Å². The van der Waals surface area contributed by atoms with Gasteiger partial charge in [0, 0.05) is 12.0 Å². The van der Waals surface area contributed by atoms with Crippen molar-refractivity contribution in [3.05, 3.63) is 42.0 Å². The highest BCUT2D eigenvalue weighted by molar-refractivity contribution is 5.75. The third-order valence-corrected chi connectivity index (χ3v) is 3.40. The number of fused-ring (bicyclic) bond motifs is 1. The normalized spacial score (nSPS) is 24.3. The SMILES string of the molecule is C=C1c2ccccc2CC1(CO)CCO. The van der Waals surface area contributed by atoms with Crippen molar-refractivity contribution in [2.45, 2.75) is 12.8 Å². The van der Waals surface area contributed by atoms with E-state index in [1.54, 1.807) is 0 Å². The molecule has 2 rings (SSSR count). The molecule has 2 N–H and O–H groups in total. The molecule has 1 aliphatic rings. The molecule has 0 fully saturated rings. The number of aliphatic hydroxyl groups is 2. The van der Waals surface area contributed by atoms with E-state index in [1.165, 1.54) is 5.56 Å². The molecule has 1 aliphatic carbocycles. The van der Waals surface area contributed by atoms with Crippen molar-refractivity contribution in [1.29, 1.82) is 0 Å². The lowest BCUT2D eigenvalue weighted by molar-refractivity contribution is 0.142. The van der Waals surface area contributed by atoms with Crippen LogP contribution in [0.2, 0.25) is 0 Å². The van der Waals surface area contributed by atoms with E-state index in [2.05, 4.69) is 12.6 Å². The van der Waals surface area contributed by atoms with Crippen molar-refractivity contribution in [1.82, 2.24) is 0 Å². The predicted molar refractivity (Wildman–Crippen MR) is 60.4 cm³/mol. The molecule has 0 spiro atoms. The molecule has 0 bridgehead atoms. The quantitative estimate of drug-likeness (QED) is 0.785. The van der Waals surface area contributed by atoms with Crippen molar-refractivity contribution in [3.63, 3.8) is 0 Å². The Kier molecular flexibility index (Phi) is 2.63. The number of aliphatic hydroxyl groups excluding tert-OH is 2. The van der Waals surface area contributed by atoms with E-state index in [-0.39, 0.29) is 18.6 Å². The van der Waals surface area contributed by atoms with E-state index >= 15 is 0 Å². The molecular weight excluding hydrogens is 188 g/mol. The number of rotatable bonds is 3. The molecule has 0 amide bonds. The average molecular weight is 204 g/mol. The first kappa shape index (κ1) is 10.4. The summed E-state index contributed by atoms with van der Waals surface area (Å²) in [5.41, 5.74) is 3.00. The van der Waals surface area contributed by atoms with E-state index in [9.17, 15) is 5.11 Å². The van der Waals surface area contributed by atoms with Gasteiger partial charge < -0.3 is 10.2 Å². The van der Waals surface area contributed by atoms with Gasteiger partial charge in [0.1, 0.15) is 0 Å². The zero-order valence-corrected chi connectivity index (χ0v) is 8.74. The molecule has 0 saturated heterocycles. The molecule has 0 saturated carbocycles. The minimum Gasteiger partial charge on any atom is -0.396 e. The first-order valence-corrected chi connectivity index (χ1v) is 5.23. The van der Waals surface area contributed by atoms with Gasteiger partial charge in [-0.1, -0.05) is 30.8 Å². The number of hydrogen-bond acceptors (Lipinski definition) is 2. The van der Waals surface area contributed by atoms with Crippen molar-refractivity contribution >= 4 is 5.57 Å². The highest BCUT2D eigenvalue weighted by atomic mass is 16.3. The molecule has 15 heavy (non-hydrogen) atoms. The summed E-state index contributed by atoms with van der Waals surface area (Å²) in [5, 5.41) is 18.6. The van der Waals surface area contributed by atoms with E-state index in [1.807, 2.05) is 18.2 Å². The minimum atomic E-state index is -0.335. The van der Waals surface area contributed by atoms with E-state index < -0.39 is 0 Å². The van der Waals surface area contributed by atoms with Gasteiger partial charge in [0.05, 0.1) is 6.61 Å². The van der Waals surface area contributed by atoms with E-state index in [0.717, 1.165) is 17.6 Å². The summed E-state index contributed by atoms with van der Waals surface area (Å²) in [4.78, 5) is 0. The fourth-order valence-electron chi connectivity index (χ4n) is 2.41. The van der Waals surface area contributed by atoms with Gasteiger partial charge in [0.2, 0.25) is 0 Å². The molecule has 0 radical (unpaired) electrons. The van der Waals surface area contributed by atoms with Crippen molar-refractivity contribution < 1.29 is 10.2 Å². The number of benzene rings is 1. The Morgan fingerprint density at radius 2 is 2.00 bits per heavy atom. The second-order valence-electron chi connectivity index (χ2n) is 4.22. The highest BCUT2D eigenvalue weighted by Gasteiger charge is 2.39. The van der Waals surface area contributed by atoms with Crippen LogP contribution in [0.15, 0.2) is 30.8 Å². The summed E-state index contributed by atoms with van der Waals surface area (Å²) in [7, 11) is 0. The van der Waals surface area contributed by atoms with Crippen LogP contribution in [0.5, 0.6) is 0 Å². The maximum absolute atomic E-state index is 9.52. The molecule has 0 aromatic heterocycles. The Morgan fingerprint density at radius 1 is 1.27 bits per heavy atom. The molecule has 0 heterocycles. The first-order chi connectivity index (χ1) is 7.23. The Bertz CT molecular complexity index is 384. The summed E-state index contributed by atoms with van der Waals surface area (Å²) >= 11 is 0. The van der Waals surface area contributed by atoms with Crippen molar-refractivity contribution in [3.8, 4) is 0 Å². The molecule has 0 aliphatic heterocycles. The lowest BCUT2D eigenvalue weighted by Gasteiger charge is -2.27. The van der Waals surface area contributed by atoms with E-state index in [0.29, 0.717) is 6.42 Å². The van der Waals surface area contributed by atoms with Crippen LogP contribution in [0.4, 0.5) is 0 Å². The summed E-state index contributed by atoms with van der Waals surface area (Å²) in [6.07, 6.45) is 1.37. The molecule has 2 heteroatoms. The largest absolute Gasteiger partial charge is 0.396 e. The molecular formula is C13H16O2. The molecule has 80 valence electrons. The Balaban J connectivity index is 2.40. The highest BCUT2D eigenvalue weighted by Crippen LogP contribution is 2.47. The van der Waals surface area contributed by atoms with Crippen molar-refractivity contribution in [2.24, 2.45) is 5.41 Å². The molecule has 1 aromatic carbocycles. The van der Waals surface area contributed by atoms with Crippen LogP contribution in [-0.4, -0.2) is 23.4 Å². The minimum absolute atomic E-state index is 0.0566. The summed E-state index contributed by atoms with van der Waals surface area (Å²) in [6, 6.07) is 8.08. The molecule has 1 atom stereocenters. The standard InChI is InChI=1S/C13H16O2/c1-10-12-5-3-2-4-11(12)8-13(10,9-15)6-7-14/h2-5,14-15H,1,6-9H2. The molecule has 1 unspecified atom stereocenters. The van der Waals surface area contributed by atoms with Crippen LogP contribution in [0.25, 0.3) is 5.57 Å². The zero-order valence-electron chi connectivity index (χ0n) is 8.74. The third kappa shape index (κ3) is 1.50. The van der Waals surface area contributed by atoms with Gasteiger partial charge in [0.15, 0.2) is 0 Å². The average Bonchev–Trinajstić information content (AvgIpc) is 2.54. The van der Waals surface area contributed by atoms with Gasteiger partial charge in [0.25, 0.3) is 0 Å². The maximum atomic E-state index is 9.52. The third-order valence-electron chi connectivity index (χ3n) is 3.40.